The molecule has 3 heterocycles. The van der Waals surface area contributed by atoms with E-state index in [2.05, 4.69) is 25.4 Å². The molecule has 7 nitrogen and oxygen atoms in total. The second-order valence-electron chi connectivity index (χ2n) is 4.51. The zero-order valence-electron chi connectivity index (χ0n) is 11.9. The van der Waals surface area contributed by atoms with Crippen molar-refractivity contribution in [1.82, 2.24) is 24.6 Å². The summed E-state index contributed by atoms with van der Waals surface area (Å²) < 4.78 is 7.19. The summed E-state index contributed by atoms with van der Waals surface area (Å²) in [5.41, 5.74) is 1.87. The number of rotatable bonds is 5. The first-order chi connectivity index (χ1) is 10.3. The zero-order valence-corrected chi connectivity index (χ0v) is 11.9. The van der Waals surface area contributed by atoms with Crippen molar-refractivity contribution in [2.75, 3.05) is 11.9 Å². The predicted molar refractivity (Wildman–Crippen MR) is 78.3 cm³/mol. The number of pyridine rings is 1. The van der Waals surface area contributed by atoms with E-state index in [0.717, 1.165) is 17.1 Å². The number of nitrogens with one attached hydrogen (secondary N) is 1. The molecule has 3 rings (SSSR count). The van der Waals surface area contributed by atoms with Crippen molar-refractivity contribution in [3.05, 3.63) is 42.0 Å². The molecule has 21 heavy (non-hydrogen) atoms. The maximum absolute atomic E-state index is 5.52. The minimum atomic E-state index is 0.578. The first kappa shape index (κ1) is 13.3. The SMILES string of the molecule is CCOc1ncccc1CNc1cc(C)nc2ncnn12. The van der Waals surface area contributed by atoms with Crippen molar-refractivity contribution in [3.63, 3.8) is 0 Å². The lowest BCUT2D eigenvalue weighted by Crippen LogP contribution is -2.08. The van der Waals surface area contributed by atoms with Gasteiger partial charge in [-0.3, -0.25) is 0 Å². The number of ether oxygens (including phenoxy) is 1. The molecule has 0 unspecified atom stereocenters. The average Bonchev–Trinajstić information content (AvgIpc) is 2.94. The minimum Gasteiger partial charge on any atom is -0.478 e. The third kappa shape index (κ3) is 2.76. The van der Waals surface area contributed by atoms with Crippen LogP contribution < -0.4 is 10.1 Å². The van der Waals surface area contributed by atoms with E-state index in [1.54, 1.807) is 10.7 Å². The molecule has 3 aromatic rings. The number of aryl methyl sites for hydroxylation is 1. The molecule has 0 amide bonds. The van der Waals surface area contributed by atoms with Crippen molar-refractivity contribution in [2.24, 2.45) is 0 Å². The number of hydrogen-bond acceptors (Lipinski definition) is 6. The Morgan fingerprint density at radius 3 is 3.10 bits per heavy atom. The fraction of sp³-hybridized carbons (Fsp3) is 0.286. The van der Waals surface area contributed by atoms with E-state index >= 15 is 0 Å². The van der Waals surface area contributed by atoms with Crippen LogP contribution in [0.25, 0.3) is 5.78 Å². The average molecular weight is 284 g/mol. The molecule has 1 N–H and O–H groups in total. The summed E-state index contributed by atoms with van der Waals surface area (Å²) in [6.45, 7) is 5.04. The summed E-state index contributed by atoms with van der Waals surface area (Å²) in [5, 5.41) is 7.49. The van der Waals surface area contributed by atoms with E-state index in [-0.39, 0.29) is 0 Å². The van der Waals surface area contributed by atoms with Crippen LogP contribution in [0.4, 0.5) is 5.82 Å². The summed E-state index contributed by atoms with van der Waals surface area (Å²) in [6, 6.07) is 5.80. The van der Waals surface area contributed by atoms with Gasteiger partial charge in [-0.25, -0.2) is 9.97 Å². The molecular formula is C14H16N6O. The van der Waals surface area contributed by atoms with Crippen LogP contribution in [0.5, 0.6) is 5.88 Å². The Morgan fingerprint density at radius 1 is 1.33 bits per heavy atom. The molecule has 0 spiro atoms. The maximum atomic E-state index is 5.52. The molecule has 3 aromatic heterocycles. The van der Waals surface area contributed by atoms with Gasteiger partial charge in [0.2, 0.25) is 5.88 Å². The van der Waals surface area contributed by atoms with Crippen molar-refractivity contribution in [1.29, 1.82) is 0 Å². The Bertz CT molecular complexity index is 754. The minimum absolute atomic E-state index is 0.578. The second kappa shape index (κ2) is 5.74. The lowest BCUT2D eigenvalue weighted by Gasteiger charge is -2.11. The van der Waals surface area contributed by atoms with Crippen LogP contribution in [-0.4, -0.2) is 31.2 Å². The molecule has 0 radical (unpaired) electrons. The summed E-state index contributed by atoms with van der Waals surface area (Å²) in [7, 11) is 0. The molecule has 0 aliphatic rings. The van der Waals surface area contributed by atoms with Crippen LogP contribution in [0.15, 0.2) is 30.7 Å². The molecule has 0 saturated carbocycles. The van der Waals surface area contributed by atoms with Crippen molar-refractivity contribution < 1.29 is 4.74 Å². The highest BCUT2D eigenvalue weighted by Gasteiger charge is 2.08. The summed E-state index contributed by atoms with van der Waals surface area (Å²) >= 11 is 0. The predicted octanol–water partition coefficient (Wildman–Crippen LogP) is 1.84. The Kier molecular flexibility index (Phi) is 3.63. The molecule has 7 heteroatoms. The van der Waals surface area contributed by atoms with Gasteiger partial charge in [0.15, 0.2) is 0 Å². The lowest BCUT2D eigenvalue weighted by atomic mass is 10.2. The van der Waals surface area contributed by atoms with Crippen LogP contribution in [0.2, 0.25) is 0 Å². The molecular weight excluding hydrogens is 268 g/mol. The van der Waals surface area contributed by atoms with Gasteiger partial charge in [0.25, 0.3) is 5.78 Å². The Labute approximate surface area is 122 Å². The number of nitrogens with zero attached hydrogens (tertiary/aromatic N) is 5. The van der Waals surface area contributed by atoms with Gasteiger partial charge in [0.1, 0.15) is 12.1 Å². The fourth-order valence-corrected chi connectivity index (χ4v) is 2.07. The van der Waals surface area contributed by atoms with Crippen LogP contribution in [0, 0.1) is 6.92 Å². The van der Waals surface area contributed by atoms with Gasteiger partial charge in [-0.2, -0.15) is 14.6 Å². The van der Waals surface area contributed by atoms with Crippen LogP contribution in [0.3, 0.4) is 0 Å². The Morgan fingerprint density at radius 2 is 2.24 bits per heavy atom. The lowest BCUT2D eigenvalue weighted by molar-refractivity contribution is 0.323. The van der Waals surface area contributed by atoms with Crippen LogP contribution in [0.1, 0.15) is 18.2 Å². The summed E-state index contributed by atoms with van der Waals surface area (Å²) in [5.74, 6) is 2.06. The van der Waals surface area contributed by atoms with E-state index < -0.39 is 0 Å². The quantitative estimate of drug-likeness (QED) is 0.770. The van der Waals surface area contributed by atoms with Gasteiger partial charge in [-0.15, -0.1) is 0 Å². The first-order valence-corrected chi connectivity index (χ1v) is 6.76. The largest absolute Gasteiger partial charge is 0.478 e. The maximum Gasteiger partial charge on any atom is 0.254 e. The van der Waals surface area contributed by atoms with Gasteiger partial charge < -0.3 is 10.1 Å². The molecule has 0 atom stereocenters. The monoisotopic (exact) mass is 284 g/mol. The number of anilines is 1. The molecule has 0 bridgehead atoms. The van der Waals surface area contributed by atoms with E-state index in [4.69, 9.17) is 4.74 Å². The van der Waals surface area contributed by atoms with Crippen molar-refractivity contribution >= 4 is 11.6 Å². The molecule has 108 valence electrons. The number of hydrogen-bond donors (Lipinski definition) is 1. The topological polar surface area (TPSA) is 77.2 Å². The van der Waals surface area contributed by atoms with Gasteiger partial charge in [0, 0.05) is 30.1 Å². The van der Waals surface area contributed by atoms with Crippen LogP contribution >= 0.6 is 0 Å². The van der Waals surface area contributed by atoms with Gasteiger partial charge in [0.05, 0.1) is 6.61 Å². The Balaban J connectivity index is 1.85. The molecule has 0 aliphatic carbocycles. The van der Waals surface area contributed by atoms with Gasteiger partial charge >= 0.3 is 0 Å². The highest BCUT2D eigenvalue weighted by molar-refractivity contribution is 5.45. The van der Waals surface area contributed by atoms with Crippen LogP contribution in [-0.2, 0) is 6.54 Å². The normalized spacial score (nSPS) is 10.8. The number of fused-ring (bicyclic) bond motifs is 1. The highest BCUT2D eigenvalue weighted by Crippen LogP contribution is 2.17. The zero-order chi connectivity index (χ0) is 14.7. The third-order valence-electron chi connectivity index (χ3n) is 2.97. The van der Waals surface area contributed by atoms with E-state index in [1.807, 2.05) is 32.0 Å². The molecule has 0 saturated heterocycles. The van der Waals surface area contributed by atoms with Crippen molar-refractivity contribution in [3.8, 4) is 5.88 Å². The Hall–Kier alpha value is -2.70. The second-order valence-corrected chi connectivity index (χ2v) is 4.51. The molecule has 0 fully saturated rings. The van der Waals surface area contributed by atoms with E-state index in [1.165, 1.54) is 6.33 Å². The van der Waals surface area contributed by atoms with Gasteiger partial charge in [-0.05, 0) is 19.9 Å². The van der Waals surface area contributed by atoms with Crippen molar-refractivity contribution in [2.45, 2.75) is 20.4 Å². The number of aromatic nitrogens is 5. The third-order valence-corrected chi connectivity index (χ3v) is 2.97. The molecule has 0 aliphatic heterocycles. The highest BCUT2D eigenvalue weighted by atomic mass is 16.5. The smallest absolute Gasteiger partial charge is 0.254 e. The van der Waals surface area contributed by atoms with Gasteiger partial charge in [-0.1, -0.05) is 6.07 Å². The van der Waals surface area contributed by atoms with E-state index in [9.17, 15) is 0 Å². The summed E-state index contributed by atoms with van der Waals surface area (Å²) in [4.78, 5) is 12.7. The molecule has 0 aromatic carbocycles. The standard InChI is InChI=1S/C14H16N6O/c1-3-21-13-11(5-4-6-15-13)8-16-12-7-10(2)19-14-17-9-18-20(12)14/h4-7,9,16H,3,8H2,1-2H3. The first-order valence-electron chi connectivity index (χ1n) is 6.76. The summed E-state index contributed by atoms with van der Waals surface area (Å²) in [6.07, 6.45) is 3.21. The fourth-order valence-electron chi connectivity index (χ4n) is 2.07. The van der Waals surface area contributed by atoms with E-state index in [0.29, 0.717) is 24.8 Å².